The molecule has 1 fully saturated rings. The van der Waals surface area contributed by atoms with Crippen molar-refractivity contribution in [1.82, 2.24) is 15.5 Å². The van der Waals surface area contributed by atoms with Gasteiger partial charge in [-0.2, -0.15) is 0 Å². The fourth-order valence-electron chi connectivity index (χ4n) is 2.99. The molecule has 0 radical (unpaired) electrons. The molecule has 2 rings (SSSR count). The van der Waals surface area contributed by atoms with Gasteiger partial charge in [0.1, 0.15) is 5.82 Å². The quantitative estimate of drug-likeness (QED) is 0.356. The zero-order valence-electron chi connectivity index (χ0n) is 15.3. The van der Waals surface area contributed by atoms with Crippen molar-refractivity contribution in [3.63, 3.8) is 0 Å². The van der Waals surface area contributed by atoms with Gasteiger partial charge in [-0.15, -0.1) is 24.0 Å². The van der Waals surface area contributed by atoms with Crippen LogP contribution in [0.3, 0.4) is 0 Å². The number of nitrogens with one attached hydrogen (secondary N) is 2. The van der Waals surface area contributed by atoms with E-state index >= 15 is 0 Å². The zero-order chi connectivity index (χ0) is 17.5. The van der Waals surface area contributed by atoms with Crippen molar-refractivity contribution < 1.29 is 9.50 Å². The Balaban J connectivity index is 0.00000312. The number of aliphatic imine (C=N–C) groups is 1. The number of guanidine groups is 1. The fourth-order valence-corrected chi connectivity index (χ4v) is 2.99. The van der Waals surface area contributed by atoms with Crippen LogP contribution in [0.25, 0.3) is 0 Å². The number of likely N-dealkylation sites (tertiary alicyclic amines) is 1. The van der Waals surface area contributed by atoms with E-state index in [1.807, 2.05) is 0 Å². The number of benzene rings is 1. The number of piperidine rings is 1. The average Bonchev–Trinajstić information content (AvgIpc) is 2.60. The second-order valence-electron chi connectivity index (χ2n) is 6.56. The van der Waals surface area contributed by atoms with Gasteiger partial charge in [0.25, 0.3) is 0 Å². The Bertz CT molecular complexity index is 560. The van der Waals surface area contributed by atoms with Crippen molar-refractivity contribution in [2.45, 2.75) is 51.9 Å². The second kappa shape index (κ2) is 10.9. The van der Waals surface area contributed by atoms with E-state index in [2.05, 4.69) is 34.4 Å². The molecule has 0 atom stereocenters. The number of hydrogen-bond acceptors (Lipinski definition) is 3. The molecule has 0 spiro atoms. The highest BCUT2D eigenvalue weighted by molar-refractivity contribution is 14.0. The minimum atomic E-state index is -0.374. The van der Waals surface area contributed by atoms with Crippen LogP contribution in [0.4, 0.5) is 4.39 Å². The fraction of sp³-hybridized carbons (Fsp3) is 0.611. The van der Waals surface area contributed by atoms with E-state index in [4.69, 9.17) is 5.11 Å². The number of halogens is 2. The van der Waals surface area contributed by atoms with E-state index in [9.17, 15) is 4.39 Å². The molecule has 3 N–H and O–H groups in total. The first-order valence-electron chi connectivity index (χ1n) is 8.63. The smallest absolute Gasteiger partial charge is 0.191 e. The molecule has 1 aliphatic heterocycles. The Morgan fingerprint density at radius 1 is 1.36 bits per heavy atom. The molecule has 7 heteroatoms. The maximum atomic E-state index is 13.4. The zero-order valence-corrected chi connectivity index (χ0v) is 17.6. The van der Waals surface area contributed by atoms with E-state index in [0.717, 1.165) is 37.5 Å². The number of nitrogens with zero attached hydrogens (tertiary/aromatic N) is 2. The summed E-state index contributed by atoms with van der Waals surface area (Å²) in [6, 6.07) is 5.81. The van der Waals surface area contributed by atoms with Crippen LogP contribution >= 0.6 is 24.0 Å². The van der Waals surface area contributed by atoms with Crippen molar-refractivity contribution in [3.8, 4) is 0 Å². The topological polar surface area (TPSA) is 59.9 Å². The molecule has 0 bridgehead atoms. The summed E-state index contributed by atoms with van der Waals surface area (Å²) in [5, 5.41) is 15.9. The van der Waals surface area contributed by atoms with Crippen LogP contribution in [0, 0.1) is 5.82 Å². The normalized spacial score (nSPS) is 16.6. The number of rotatable bonds is 5. The molecule has 0 unspecified atom stereocenters. The van der Waals surface area contributed by atoms with Gasteiger partial charge in [-0.3, -0.25) is 4.99 Å². The van der Waals surface area contributed by atoms with Gasteiger partial charge in [0.05, 0.1) is 6.61 Å². The van der Waals surface area contributed by atoms with Gasteiger partial charge in [0.2, 0.25) is 0 Å². The predicted octanol–water partition coefficient (Wildman–Crippen LogP) is 2.47. The maximum absolute atomic E-state index is 13.4. The van der Waals surface area contributed by atoms with Gasteiger partial charge in [-0.25, -0.2) is 4.39 Å². The minimum Gasteiger partial charge on any atom is -0.392 e. The predicted molar refractivity (Wildman–Crippen MR) is 111 cm³/mol. The molecule has 0 aliphatic carbocycles. The van der Waals surface area contributed by atoms with E-state index in [1.54, 1.807) is 19.2 Å². The molecular weight excluding hydrogens is 434 g/mol. The summed E-state index contributed by atoms with van der Waals surface area (Å²) in [5.74, 6) is 0.383. The summed E-state index contributed by atoms with van der Waals surface area (Å²) >= 11 is 0. The Labute approximate surface area is 167 Å². The Morgan fingerprint density at radius 3 is 2.60 bits per heavy atom. The van der Waals surface area contributed by atoms with Crippen LogP contribution < -0.4 is 10.6 Å². The lowest BCUT2D eigenvalue weighted by atomic mass is 10.0. The molecule has 142 valence electrons. The third kappa shape index (κ3) is 6.71. The van der Waals surface area contributed by atoms with Gasteiger partial charge in [-0.1, -0.05) is 6.07 Å². The summed E-state index contributed by atoms with van der Waals surface area (Å²) in [4.78, 5) is 6.76. The van der Waals surface area contributed by atoms with Crippen molar-refractivity contribution in [2.75, 3.05) is 20.1 Å². The van der Waals surface area contributed by atoms with Crippen molar-refractivity contribution >= 4 is 29.9 Å². The number of hydrogen-bond donors (Lipinski definition) is 3. The molecule has 1 aliphatic rings. The lowest BCUT2D eigenvalue weighted by molar-refractivity contribution is 0.167. The molecule has 0 aromatic heterocycles. The monoisotopic (exact) mass is 464 g/mol. The van der Waals surface area contributed by atoms with E-state index in [1.165, 1.54) is 6.07 Å². The third-order valence-corrected chi connectivity index (χ3v) is 4.56. The van der Waals surface area contributed by atoms with Crippen LogP contribution in [0.15, 0.2) is 23.2 Å². The molecule has 0 amide bonds. The van der Waals surface area contributed by atoms with Gasteiger partial charge in [0, 0.05) is 44.3 Å². The molecule has 1 heterocycles. The molecular formula is C18H30FIN4O. The Kier molecular flexibility index (Phi) is 9.66. The summed E-state index contributed by atoms with van der Waals surface area (Å²) in [7, 11) is 1.75. The Hall–Kier alpha value is -0.930. The van der Waals surface area contributed by atoms with Crippen LogP contribution in [-0.2, 0) is 13.2 Å². The van der Waals surface area contributed by atoms with Gasteiger partial charge < -0.3 is 20.6 Å². The number of aliphatic hydroxyl groups excluding tert-OH is 1. The first kappa shape index (κ1) is 22.1. The van der Waals surface area contributed by atoms with Crippen molar-refractivity contribution in [1.29, 1.82) is 0 Å². The van der Waals surface area contributed by atoms with E-state index in [-0.39, 0.29) is 36.4 Å². The highest BCUT2D eigenvalue weighted by Crippen LogP contribution is 2.13. The first-order chi connectivity index (χ1) is 11.5. The van der Waals surface area contributed by atoms with E-state index < -0.39 is 0 Å². The molecule has 1 aromatic rings. The summed E-state index contributed by atoms with van der Waals surface area (Å²) in [5.41, 5.74) is 1.23. The average molecular weight is 464 g/mol. The molecule has 5 nitrogen and oxygen atoms in total. The largest absolute Gasteiger partial charge is 0.392 e. The highest BCUT2D eigenvalue weighted by atomic mass is 127. The van der Waals surface area contributed by atoms with Crippen LogP contribution in [-0.4, -0.2) is 48.2 Å². The summed E-state index contributed by atoms with van der Waals surface area (Å²) in [6.45, 7) is 6.92. The maximum Gasteiger partial charge on any atom is 0.191 e. The van der Waals surface area contributed by atoms with Crippen molar-refractivity contribution in [3.05, 3.63) is 35.1 Å². The van der Waals surface area contributed by atoms with Crippen LogP contribution in [0.5, 0.6) is 0 Å². The lowest BCUT2D eigenvalue weighted by Crippen LogP contribution is -2.49. The van der Waals surface area contributed by atoms with Crippen LogP contribution in [0.1, 0.15) is 37.8 Å². The van der Waals surface area contributed by atoms with Gasteiger partial charge in [-0.05, 0) is 44.4 Å². The second-order valence-corrected chi connectivity index (χ2v) is 6.56. The molecule has 1 saturated heterocycles. The standard InChI is InChI=1S/C18H29FN4O.HI/c1-13(2)23-8-6-16(7-9-23)22-18(20-3)21-11-14-4-5-17(19)15(10-14)12-24;/h4-5,10,13,16,24H,6-9,11-12H2,1-3H3,(H2,20,21,22);1H. The third-order valence-electron chi connectivity index (χ3n) is 4.56. The van der Waals surface area contributed by atoms with Gasteiger partial charge in [0.15, 0.2) is 5.96 Å². The van der Waals surface area contributed by atoms with Crippen LogP contribution in [0.2, 0.25) is 0 Å². The molecule has 0 saturated carbocycles. The van der Waals surface area contributed by atoms with Crippen molar-refractivity contribution in [2.24, 2.45) is 4.99 Å². The SMILES string of the molecule is CN=C(NCc1ccc(F)c(CO)c1)NC1CCN(C(C)C)CC1.I. The lowest BCUT2D eigenvalue weighted by Gasteiger charge is -2.35. The molecule has 25 heavy (non-hydrogen) atoms. The summed E-state index contributed by atoms with van der Waals surface area (Å²) in [6.07, 6.45) is 2.20. The summed E-state index contributed by atoms with van der Waals surface area (Å²) < 4.78 is 13.4. The molecule has 1 aromatic carbocycles. The first-order valence-corrected chi connectivity index (χ1v) is 8.63. The highest BCUT2D eigenvalue weighted by Gasteiger charge is 2.21. The minimum absolute atomic E-state index is 0. The number of aliphatic hydroxyl groups is 1. The van der Waals surface area contributed by atoms with Gasteiger partial charge >= 0.3 is 0 Å². The Morgan fingerprint density at radius 2 is 2.04 bits per heavy atom. The van der Waals surface area contributed by atoms with E-state index in [0.29, 0.717) is 24.2 Å².